The molecule has 1 aliphatic rings. The molecule has 0 heterocycles. The van der Waals surface area contributed by atoms with Crippen LogP contribution in [0.2, 0.25) is 0 Å². The third-order valence-electron chi connectivity index (χ3n) is 5.13. The highest BCUT2D eigenvalue weighted by molar-refractivity contribution is 5.83. The van der Waals surface area contributed by atoms with Crippen molar-refractivity contribution < 1.29 is 9.53 Å². The van der Waals surface area contributed by atoms with E-state index in [4.69, 9.17) is 4.74 Å². The number of carbonyl (C=O) groups is 1. The van der Waals surface area contributed by atoms with Gasteiger partial charge < -0.3 is 10.1 Å². The van der Waals surface area contributed by atoms with Crippen LogP contribution in [0, 0.1) is 5.41 Å². The number of ether oxygens (including phenoxy) is 1. The van der Waals surface area contributed by atoms with Gasteiger partial charge in [0.1, 0.15) is 0 Å². The second-order valence-corrected chi connectivity index (χ2v) is 6.85. The van der Waals surface area contributed by atoms with E-state index in [2.05, 4.69) is 47.8 Å². The van der Waals surface area contributed by atoms with Gasteiger partial charge in [-0.2, -0.15) is 0 Å². The molecule has 0 aliphatic heterocycles. The molecule has 0 bridgehead atoms. The minimum Gasteiger partial charge on any atom is -0.466 e. The minimum absolute atomic E-state index is 0.0179. The lowest BCUT2D eigenvalue weighted by Gasteiger charge is -2.35. The first-order valence-corrected chi connectivity index (χ1v) is 9.09. The number of benzene rings is 2. The lowest BCUT2D eigenvalue weighted by Crippen LogP contribution is -2.43. The van der Waals surface area contributed by atoms with E-state index in [1.54, 1.807) is 0 Å². The normalized spacial score (nSPS) is 16.9. The van der Waals surface area contributed by atoms with Crippen LogP contribution >= 0.6 is 0 Å². The summed E-state index contributed by atoms with van der Waals surface area (Å²) in [6, 6.07) is 14.9. The van der Waals surface area contributed by atoms with Crippen LogP contribution < -0.4 is 5.32 Å². The first-order chi connectivity index (χ1) is 11.7. The first kappa shape index (κ1) is 17.0. The van der Waals surface area contributed by atoms with Crippen molar-refractivity contribution in [3.05, 3.63) is 48.0 Å². The molecule has 0 amide bonds. The summed E-state index contributed by atoms with van der Waals surface area (Å²) in [5.41, 5.74) is 0.925. The van der Waals surface area contributed by atoms with Crippen LogP contribution in [0.4, 0.5) is 0 Å². The van der Waals surface area contributed by atoms with E-state index < -0.39 is 0 Å². The minimum atomic E-state index is -0.328. The molecule has 1 N–H and O–H groups in total. The summed E-state index contributed by atoms with van der Waals surface area (Å²) in [5, 5.41) is 6.03. The quantitative estimate of drug-likeness (QED) is 0.798. The summed E-state index contributed by atoms with van der Waals surface area (Å²) >= 11 is 0. The Bertz CT molecular complexity index is 689. The molecule has 1 saturated carbocycles. The fraction of sp³-hybridized carbons (Fsp3) is 0.476. The van der Waals surface area contributed by atoms with E-state index in [0.29, 0.717) is 13.2 Å². The number of fused-ring (bicyclic) bond motifs is 1. The van der Waals surface area contributed by atoms with Gasteiger partial charge in [-0.3, -0.25) is 4.79 Å². The molecule has 1 fully saturated rings. The average molecular weight is 325 g/mol. The van der Waals surface area contributed by atoms with Gasteiger partial charge in [0.05, 0.1) is 12.0 Å². The number of esters is 1. The number of carbonyl (C=O) groups excluding carboxylic acids is 1. The molecule has 3 rings (SSSR count). The zero-order valence-electron chi connectivity index (χ0n) is 14.5. The highest BCUT2D eigenvalue weighted by Crippen LogP contribution is 2.37. The summed E-state index contributed by atoms with van der Waals surface area (Å²) in [4.78, 5) is 12.5. The highest BCUT2D eigenvalue weighted by atomic mass is 16.5. The molecule has 2 aromatic rings. The fourth-order valence-electron chi connectivity index (χ4n) is 3.76. The van der Waals surface area contributed by atoms with Crippen LogP contribution in [-0.4, -0.2) is 19.1 Å². The second-order valence-electron chi connectivity index (χ2n) is 6.85. The van der Waals surface area contributed by atoms with Gasteiger partial charge in [0.25, 0.3) is 0 Å². The van der Waals surface area contributed by atoms with Crippen LogP contribution in [0.15, 0.2) is 42.5 Å². The summed E-state index contributed by atoms with van der Waals surface area (Å²) in [6.45, 7) is 3.84. The highest BCUT2D eigenvalue weighted by Gasteiger charge is 2.40. The molecule has 0 radical (unpaired) electrons. The SMILES string of the molecule is CCOC(=O)C1(CNCc2ccc3ccccc3c2)CCCCC1. The lowest BCUT2D eigenvalue weighted by molar-refractivity contribution is -0.157. The molecule has 3 nitrogen and oxygen atoms in total. The molecule has 24 heavy (non-hydrogen) atoms. The van der Waals surface area contributed by atoms with Gasteiger partial charge in [-0.15, -0.1) is 0 Å². The standard InChI is InChI=1S/C21H27NO2/c1-2-24-20(23)21(12-6-3-7-13-21)16-22-15-17-10-11-18-8-4-5-9-19(18)14-17/h4-5,8-11,14,22H,2-3,6-7,12-13,15-16H2,1H3. The van der Waals surface area contributed by atoms with Crippen molar-refractivity contribution in [2.75, 3.05) is 13.2 Å². The van der Waals surface area contributed by atoms with Gasteiger partial charge in [-0.05, 0) is 42.2 Å². The summed E-state index contributed by atoms with van der Waals surface area (Å²) in [7, 11) is 0. The Balaban J connectivity index is 1.64. The van der Waals surface area contributed by atoms with E-state index in [1.807, 2.05) is 6.92 Å². The number of rotatable bonds is 6. The largest absolute Gasteiger partial charge is 0.466 e. The topological polar surface area (TPSA) is 38.3 Å². The predicted molar refractivity (Wildman–Crippen MR) is 97.8 cm³/mol. The fourth-order valence-corrected chi connectivity index (χ4v) is 3.76. The van der Waals surface area contributed by atoms with Crippen molar-refractivity contribution in [1.29, 1.82) is 0 Å². The molecular weight excluding hydrogens is 298 g/mol. The van der Waals surface area contributed by atoms with Gasteiger partial charge in [0.2, 0.25) is 0 Å². The van der Waals surface area contributed by atoms with E-state index in [9.17, 15) is 4.79 Å². The molecular formula is C21H27NO2. The third-order valence-corrected chi connectivity index (χ3v) is 5.13. The predicted octanol–water partition coefficient (Wildman–Crippen LogP) is 4.44. The summed E-state index contributed by atoms with van der Waals surface area (Å²) < 4.78 is 5.37. The van der Waals surface area contributed by atoms with Crippen LogP contribution in [0.1, 0.15) is 44.6 Å². The lowest BCUT2D eigenvalue weighted by atomic mass is 9.74. The van der Waals surface area contributed by atoms with Gasteiger partial charge >= 0.3 is 5.97 Å². The van der Waals surface area contributed by atoms with Crippen molar-refractivity contribution in [2.45, 2.75) is 45.6 Å². The molecule has 2 aromatic carbocycles. The van der Waals surface area contributed by atoms with Crippen LogP contribution in [0.3, 0.4) is 0 Å². The molecule has 0 unspecified atom stereocenters. The Morgan fingerprint density at radius 3 is 2.58 bits per heavy atom. The van der Waals surface area contributed by atoms with E-state index in [1.165, 1.54) is 22.8 Å². The third kappa shape index (κ3) is 3.78. The van der Waals surface area contributed by atoms with Crippen molar-refractivity contribution in [1.82, 2.24) is 5.32 Å². The maximum atomic E-state index is 12.5. The molecule has 128 valence electrons. The van der Waals surface area contributed by atoms with Crippen LogP contribution in [0.5, 0.6) is 0 Å². The van der Waals surface area contributed by atoms with Crippen molar-refractivity contribution in [2.24, 2.45) is 5.41 Å². The molecule has 3 heteroatoms. The Morgan fingerprint density at radius 2 is 1.83 bits per heavy atom. The van der Waals surface area contributed by atoms with Gasteiger partial charge in [0, 0.05) is 13.1 Å². The molecule has 0 atom stereocenters. The van der Waals surface area contributed by atoms with Crippen molar-refractivity contribution >= 4 is 16.7 Å². The smallest absolute Gasteiger partial charge is 0.313 e. The van der Waals surface area contributed by atoms with Crippen LogP contribution in [-0.2, 0) is 16.1 Å². The van der Waals surface area contributed by atoms with Crippen molar-refractivity contribution in [3.63, 3.8) is 0 Å². The number of hydrogen-bond acceptors (Lipinski definition) is 3. The van der Waals surface area contributed by atoms with Gasteiger partial charge in [0.15, 0.2) is 0 Å². The Morgan fingerprint density at radius 1 is 1.08 bits per heavy atom. The van der Waals surface area contributed by atoms with Gasteiger partial charge in [-0.1, -0.05) is 55.7 Å². The maximum Gasteiger partial charge on any atom is 0.313 e. The van der Waals surface area contributed by atoms with Gasteiger partial charge in [-0.25, -0.2) is 0 Å². The Kier molecular flexibility index (Phi) is 5.52. The van der Waals surface area contributed by atoms with E-state index >= 15 is 0 Å². The summed E-state index contributed by atoms with van der Waals surface area (Å²) in [6.07, 6.45) is 5.35. The monoisotopic (exact) mass is 325 g/mol. The zero-order chi connectivity index (χ0) is 16.8. The number of hydrogen-bond donors (Lipinski definition) is 1. The molecule has 0 spiro atoms. The summed E-state index contributed by atoms with van der Waals surface area (Å²) in [5.74, 6) is -0.0179. The maximum absolute atomic E-state index is 12.5. The van der Waals surface area contributed by atoms with Crippen LogP contribution in [0.25, 0.3) is 10.8 Å². The zero-order valence-corrected chi connectivity index (χ0v) is 14.5. The Hall–Kier alpha value is -1.87. The van der Waals surface area contributed by atoms with Crippen molar-refractivity contribution in [3.8, 4) is 0 Å². The molecule has 0 aromatic heterocycles. The molecule has 1 aliphatic carbocycles. The average Bonchev–Trinajstić information content (AvgIpc) is 2.62. The number of nitrogens with one attached hydrogen (secondary N) is 1. The van der Waals surface area contributed by atoms with E-state index in [-0.39, 0.29) is 11.4 Å². The first-order valence-electron chi connectivity index (χ1n) is 9.09. The van der Waals surface area contributed by atoms with E-state index in [0.717, 1.165) is 32.2 Å². The molecule has 0 saturated heterocycles. The Labute approximate surface area is 144 Å². The second kappa shape index (κ2) is 7.80.